The molecule has 0 aromatic carbocycles. The van der Waals surface area contributed by atoms with Gasteiger partial charge in [0, 0.05) is 24.8 Å². The van der Waals surface area contributed by atoms with Gasteiger partial charge in [-0.2, -0.15) is 0 Å². The molecule has 22 heavy (non-hydrogen) atoms. The molecule has 5 nitrogen and oxygen atoms in total. The lowest BCUT2D eigenvalue weighted by molar-refractivity contribution is -0.127. The molecule has 0 unspecified atom stereocenters. The Labute approximate surface area is 135 Å². The van der Waals surface area contributed by atoms with Crippen LogP contribution in [0.15, 0.2) is 0 Å². The SMILES string of the molecule is CC(C)CCC(=O)NCCOCCOCCC(=O)C(C)(C)C. The van der Waals surface area contributed by atoms with Gasteiger partial charge < -0.3 is 14.8 Å². The van der Waals surface area contributed by atoms with Gasteiger partial charge in [0.2, 0.25) is 5.91 Å². The number of hydrogen-bond donors (Lipinski definition) is 1. The minimum atomic E-state index is -0.298. The molecule has 0 aliphatic carbocycles. The second-order valence-corrected chi connectivity index (χ2v) is 6.93. The lowest BCUT2D eigenvalue weighted by Crippen LogP contribution is -2.27. The summed E-state index contributed by atoms with van der Waals surface area (Å²) < 4.78 is 10.7. The zero-order chi connectivity index (χ0) is 17.0. The fourth-order valence-electron chi connectivity index (χ4n) is 1.63. The van der Waals surface area contributed by atoms with Crippen molar-refractivity contribution >= 4 is 11.7 Å². The molecule has 1 N–H and O–H groups in total. The summed E-state index contributed by atoms with van der Waals surface area (Å²) in [7, 11) is 0. The number of Topliss-reactive ketones (excluding diaryl/α,β-unsaturated/α-hetero) is 1. The molecule has 0 rings (SSSR count). The van der Waals surface area contributed by atoms with Crippen molar-refractivity contribution in [3.8, 4) is 0 Å². The summed E-state index contributed by atoms with van der Waals surface area (Å²) in [5.74, 6) is 0.830. The van der Waals surface area contributed by atoms with Crippen molar-refractivity contribution in [2.75, 3.05) is 33.0 Å². The van der Waals surface area contributed by atoms with Crippen molar-refractivity contribution in [3.63, 3.8) is 0 Å². The summed E-state index contributed by atoms with van der Waals surface area (Å²) >= 11 is 0. The van der Waals surface area contributed by atoms with Crippen LogP contribution in [0.1, 0.15) is 53.9 Å². The smallest absolute Gasteiger partial charge is 0.220 e. The zero-order valence-corrected chi connectivity index (χ0v) is 14.9. The average Bonchev–Trinajstić information content (AvgIpc) is 2.41. The van der Waals surface area contributed by atoms with Gasteiger partial charge in [-0.05, 0) is 12.3 Å². The third kappa shape index (κ3) is 12.8. The van der Waals surface area contributed by atoms with E-state index in [1.54, 1.807) is 0 Å². The van der Waals surface area contributed by atoms with Gasteiger partial charge in [-0.15, -0.1) is 0 Å². The predicted molar refractivity (Wildman–Crippen MR) is 87.8 cm³/mol. The highest BCUT2D eigenvalue weighted by molar-refractivity contribution is 5.83. The summed E-state index contributed by atoms with van der Waals surface area (Å²) in [5, 5.41) is 2.82. The monoisotopic (exact) mass is 315 g/mol. The minimum absolute atomic E-state index is 0.0780. The highest BCUT2D eigenvalue weighted by Crippen LogP contribution is 2.16. The topological polar surface area (TPSA) is 64.6 Å². The zero-order valence-electron chi connectivity index (χ0n) is 14.9. The van der Waals surface area contributed by atoms with E-state index >= 15 is 0 Å². The molecule has 0 heterocycles. The predicted octanol–water partition coefficient (Wildman–Crippen LogP) is 2.58. The molecule has 0 fully saturated rings. The van der Waals surface area contributed by atoms with E-state index in [9.17, 15) is 9.59 Å². The van der Waals surface area contributed by atoms with E-state index in [1.807, 2.05) is 20.8 Å². The first-order valence-corrected chi connectivity index (χ1v) is 8.19. The molecule has 0 saturated heterocycles. The van der Waals surface area contributed by atoms with Crippen LogP contribution in [-0.2, 0) is 19.1 Å². The molecule has 0 aliphatic rings. The molecule has 1 amide bonds. The second-order valence-electron chi connectivity index (χ2n) is 6.93. The van der Waals surface area contributed by atoms with Crippen LogP contribution in [0.25, 0.3) is 0 Å². The summed E-state index contributed by atoms with van der Waals surface area (Å²) in [6.45, 7) is 12.3. The first kappa shape index (κ1) is 21.1. The molecule has 0 bridgehead atoms. The van der Waals surface area contributed by atoms with Gasteiger partial charge in [0.25, 0.3) is 0 Å². The summed E-state index contributed by atoms with van der Waals surface area (Å²) in [6, 6.07) is 0. The third-order valence-corrected chi connectivity index (χ3v) is 3.20. The van der Waals surface area contributed by atoms with Gasteiger partial charge in [-0.25, -0.2) is 0 Å². The normalized spacial score (nSPS) is 11.7. The summed E-state index contributed by atoms with van der Waals surface area (Å²) in [4.78, 5) is 23.1. The molecule has 0 aromatic heterocycles. The highest BCUT2D eigenvalue weighted by atomic mass is 16.5. The Morgan fingerprint density at radius 2 is 1.55 bits per heavy atom. The number of carbonyl (C=O) groups is 2. The molecule has 0 atom stereocenters. The summed E-state index contributed by atoms with van der Waals surface area (Å²) in [5.41, 5.74) is -0.298. The Morgan fingerprint density at radius 1 is 0.955 bits per heavy atom. The van der Waals surface area contributed by atoms with Crippen LogP contribution in [0.4, 0.5) is 0 Å². The van der Waals surface area contributed by atoms with E-state index in [-0.39, 0.29) is 17.1 Å². The van der Waals surface area contributed by atoms with Gasteiger partial charge in [0.15, 0.2) is 0 Å². The van der Waals surface area contributed by atoms with E-state index < -0.39 is 0 Å². The molecule has 0 saturated carbocycles. The van der Waals surface area contributed by atoms with Crippen molar-refractivity contribution in [1.29, 1.82) is 0 Å². The van der Waals surface area contributed by atoms with Crippen LogP contribution in [0.5, 0.6) is 0 Å². The van der Waals surface area contributed by atoms with Crippen molar-refractivity contribution in [2.45, 2.75) is 53.9 Å². The lowest BCUT2D eigenvalue weighted by atomic mass is 9.89. The number of carbonyl (C=O) groups excluding carboxylic acids is 2. The first-order chi connectivity index (χ1) is 10.2. The fourth-order valence-corrected chi connectivity index (χ4v) is 1.63. The van der Waals surface area contributed by atoms with Gasteiger partial charge in [0.05, 0.1) is 26.4 Å². The minimum Gasteiger partial charge on any atom is -0.379 e. The van der Waals surface area contributed by atoms with Gasteiger partial charge in [0.1, 0.15) is 5.78 Å². The molecular weight excluding hydrogens is 282 g/mol. The fraction of sp³-hybridized carbons (Fsp3) is 0.882. The molecule has 0 aromatic rings. The second kappa shape index (κ2) is 11.6. The summed E-state index contributed by atoms with van der Waals surface area (Å²) in [6.07, 6.45) is 1.92. The highest BCUT2D eigenvalue weighted by Gasteiger charge is 2.20. The Hall–Kier alpha value is -0.940. The molecule has 130 valence electrons. The number of ketones is 1. The Morgan fingerprint density at radius 3 is 2.09 bits per heavy atom. The lowest BCUT2D eigenvalue weighted by Gasteiger charge is -2.16. The molecule has 0 radical (unpaired) electrons. The number of ether oxygens (including phenoxy) is 2. The van der Waals surface area contributed by atoms with E-state index in [1.165, 1.54) is 0 Å². The number of hydrogen-bond acceptors (Lipinski definition) is 4. The number of rotatable bonds is 12. The van der Waals surface area contributed by atoms with Crippen LogP contribution >= 0.6 is 0 Å². The molecule has 0 spiro atoms. The average molecular weight is 315 g/mol. The number of amides is 1. The van der Waals surface area contributed by atoms with Gasteiger partial charge in [-0.3, -0.25) is 9.59 Å². The van der Waals surface area contributed by atoms with Crippen LogP contribution in [0.2, 0.25) is 0 Å². The van der Waals surface area contributed by atoms with Gasteiger partial charge >= 0.3 is 0 Å². The van der Waals surface area contributed by atoms with Crippen LogP contribution in [-0.4, -0.2) is 44.7 Å². The molecule has 5 heteroatoms. The van der Waals surface area contributed by atoms with Crippen molar-refractivity contribution in [3.05, 3.63) is 0 Å². The third-order valence-electron chi connectivity index (χ3n) is 3.20. The largest absolute Gasteiger partial charge is 0.379 e. The molecule has 0 aliphatic heterocycles. The Bertz CT molecular complexity index is 321. The maximum Gasteiger partial charge on any atom is 0.220 e. The number of nitrogens with one attached hydrogen (secondary N) is 1. The van der Waals surface area contributed by atoms with Gasteiger partial charge in [-0.1, -0.05) is 34.6 Å². The van der Waals surface area contributed by atoms with E-state index in [0.717, 1.165) is 6.42 Å². The quantitative estimate of drug-likeness (QED) is 0.562. The first-order valence-electron chi connectivity index (χ1n) is 8.19. The molecular formula is C17H33NO4. The van der Waals surface area contributed by atoms with E-state index in [4.69, 9.17) is 9.47 Å². The Balaban J connectivity index is 3.34. The van der Waals surface area contributed by atoms with Crippen LogP contribution < -0.4 is 5.32 Å². The van der Waals surface area contributed by atoms with Crippen LogP contribution in [0, 0.1) is 11.3 Å². The maximum absolute atomic E-state index is 11.6. The Kier molecular flexibility index (Phi) is 11.1. The van der Waals surface area contributed by atoms with E-state index in [0.29, 0.717) is 51.7 Å². The standard InChI is InChI=1S/C17H33NO4/c1-14(2)6-7-16(20)18-9-11-22-13-12-21-10-8-15(19)17(3,4)5/h14H,6-13H2,1-5H3,(H,18,20). The van der Waals surface area contributed by atoms with Crippen LogP contribution in [0.3, 0.4) is 0 Å². The maximum atomic E-state index is 11.6. The van der Waals surface area contributed by atoms with Crippen molar-refractivity contribution < 1.29 is 19.1 Å². The van der Waals surface area contributed by atoms with Crippen molar-refractivity contribution in [1.82, 2.24) is 5.32 Å². The van der Waals surface area contributed by atoms with E-state index in [2.05, 4.69) is 19.2 Å². The van der Waals surface area contributed by atoms with Crippen molar-refractivity contribution in [2.24, 2.45) is 11.3 Å².